The third kappa shape index (κ3) is 2.99. The van der Waals surface area contributed by atoms with Crippen molar-refractivity contribution < 1.29 is 9.53 Å². The second kappa shape index (κ2) is 4.25. The topological polar surface area (TPSA) is 41.6 Å². The van der Waals surface area contributed by atoms with E-state index in [1.807, 2.05) is 4.90 Å². The van der Waals surface area contributed by atoms with Crippen molar-refractivity contribution in [3.05, 3.63) is 0 Å². The first-order chi connectivity index (χ1) is 7.79. The normalized spacial score (nSPS) is 31.5. The summed E-state index contributed by atoms with van der Waals surface area (Å²) in [7, 11) is 0. The van der Waals surface area contributed by atoms with E-state index in [4.69, 9.17) is 4.74 Å². The van der Waals surface area contributed by atoms with Crippen LogP contribution in [-0.4, -0.2) is 47.7 Å². The maximum absolute atomic E-state index is 12.4. The zero-order valence-electron chi connectivity index (χ0n) is 11.4. The molecule has 2 saturated heterocycles. The van der Waals surface area contributed by atoms with E-state index in [0.29, 0.717) is 13.1 Å². The Balaban J connectivity index is 2.07. The van der Waals surface area contributed by atoms with Gasteiger partial charge in [-0.25, -0.2) is 0 Å². The molecule has 2 heterocycles. The van der Waals surface area contributed by atoms with Crippen molar-refractivity contribution >= 4 is 5.91 Å². The summed E-state index contributed by atoms with van der Waals surface area (Å²) >= 11 is 0. The second-order valence-corrected chi connectivity index (χ2v) is 6.46. The summed E-state index contributed by atoms with van der Waals surface area (Å²) in [5.41, 5.74) is -0.508. The lowest BCUT2D eigenvalue weighted by Crippen LogP contribution is -2.61. The van der Waals surface area contributed by atoms with E-state index in [9.17, 15) is 4.79 Å². The number of carbonyl (C=O) groups is 1. The number of carbonyl (C=O) groups excluding carboxylic acids is 1. The number of hydrogen-bond donors (Lipinski definition) is 1. The van der Waals surface area contributed by atoms with Gasteiger partial charge >= 0.3 is 0 Å². The van der Waals surface area contributed by atoms with Crippen LogP contribution in [0.4, 0.5) is 0 Å². The summed E-state index contributed by atoms with van der Waals surface area (Å²) in [5, 5.41) is 3.28. The molecule has 2 aliphatic heterocycles. The molecule has 2 aliphatic rings. The summed E-state index contributed by atoms with van der Waals surface area (Å²) in [5.74, 6) is 0.243. The molecule has 0 aromatic heterocycles. The number of hydrogen-bond acceptors (Lipinski definition) is 3. The van der Waals surface area contributed by atoms with Crippen molar-refractivity contribution in [1.29, 1.82) is 0 Å². The Bertz CT molecular complexity index is 291. The van der Waals surface area contributed by atoms with Gasteiger partial charge in [0.2, 0.25) is 5.91 Å². The fraction of sp³-hybridized carbons (Fsp3) is 0.923. The molecule has 0 spiro atoms. The maximum atomic E-state index is 12.4. The Morgan fingerprint density at radius 1 is 1.24 bits per heavy atom. The Hall–Kier alpha value is -0.610. The molecule has 4 heteroatoms. The van der Waals surface area contributed by atoms with Crippen molar-refractivity contribution in [2.24, 2.45) is 0 Å². The van der Waals surface area contributed by atoms with Gasteiger partial charge in [-0.1, -0.05) is 0 Å². The predicted octanol–water partition coefficient (Wildman–Crippen LogP) is 1.15. The summed E-state index contributed by atoms with van der Waals surface area (Å²) < 4.78 is 5.99. The van der Waals surface area contributed by atoms with Crippen LogP contribution in [0.25, 0.3) is 0 Å². The fourth-order valence-electron chi connectivity index (χ4n) is 3.06. The highest BCUT2D eigenvalue weighted by atomic mass is 16.5. The molecule has 17 heavy (non-hydrogen) atoms. The lowest BCUT2D eigenvalue weighted by Gasteiger charge is -2.47. The Morgan fingerprint density at radius 2 is 1.82 bits per heavy atom. The first kappa shape index (κ1) is 12.8. The van der Waals surface area contributed by atoms with Crippen LogP contribution in [-0.2, 0) is 9.53 Å². The molecule has 2 fully saturated rings. The molecule has 1 amide bonds. The third-order valence-electron chi connectivity index (χ3n) is 3.37. The fourth-order valence-corrected chi connectivity index (χ4v) is 3.06. The molecule has 0 aromatic carbocycles. The predicted molar refractivity (Wildman–Crippen MR) is 66.8 cm³/mol. The van der Waals surface area contributed by atoms with E-state index in [1.165, 1.54) is 0 Å². The number of rotatable bonds is 1. The molecule has 1 unspecified atom stereocenters. The average molecular weight is 240 g/mol. The van der Waals surface area contributed by atoms with Gasteiger partial charge in [-0.15, -0.1) is 0 Å². The zero-order valence-corrected chi connectivity index (χ0v) is 11.4. The molecule has 0 aliphatic carbocycles. The molecule has 2 rings (SSSR count). The highest BCUT2D eigenvalue weighted by molar-refractivity contribution is 5.82. The minimum atomic E-state index is -0.254. The number of morpholine rings is 1. The van der Waals surface area contributed by atoms with Crippen LogP contribution in [0.2, 0.25) is 0 Å². The maximum Gasteiger partial charge on any atom is 0.239 e. The van der Waals surface area contributed by atoms with E-state index in [1.54, 1.807) is 0 Å². The number of nitrogens with zero attached hydrogens (tertiary/aromatic N) is 1. The van der Waals surface area contributed by atoms with Crippen molar-refractivity contribution in [3.8, 4) is 0 Å². The highest BCUT2D eigenvalue weighted by Gasteiger charge is 2.41. The van der Waals surface area contributed by atoms with Gasteiger partial charge < -0.3 is 15.0 Å². The highest BCUT2D eigenvalue weighted by Crippen LogP contribution is 2.28. The molecule has 0 saturated carbocycles. The van der Waals surface area contributed by atoms with E-state index < -0.39 is 0 Å². The monoisotopic (exact) mass is 240 g/mol. The van der Waals surface area contributed by atoms with E-state index in [-0.39, 0.29) is 23.2 Å². The third-order valence-corrected chi connectivity index (χ3v) is 3.37. The van der Waals surface area contributed by atoms with Gasteiger partial charge in [0.05, 0.1) is 17.2 Å². The summed E-state index contributed by atoms with van der Waals surface area (Å²) in [4.78, 5) is 14.3. The largest absolute Gasteiger partial charge is 0.366 e. The molecule has 0 bridgehead atoms. The van der Waals surface area contributed by atoms with E-state index in [0.717, 1.165) is 19.4 Å². The molecule has 0 aromatic rings. The van der Waals surface area contributed by atoms with Crippen molar-refractivity contribution in [2.75, 3.05) is 19.6 Å². The van der Waals surface area contributed by atoms with Crippen LogP contribution >= 0.6 is 0 Å². The lowest BCUT2D eigenvalue weighted by molar-refractivity contribution is -0.188. The Morgan fingerprint density at radius 3 is 2.29 bits per heavy atom. The second-order valence-electron chi connectivity index (χ2n) is 6.46. The molecule has 98 valence electrons. The number of amides is 1. The standard InChI is InChI=1S/C13H24N2O2/c1-12(2)8-15(9-13(3,4)17-12)11(16)10-6-5-7-14-10/h10,14H,5-9H2,1-4H3. The smallest absolute Gasteiger partial charge is 0.239 e. The zero-order chi connectivity index (χ0) is 12.7. The number of nitrogens with one attached hydrogen (secondary N) is 1. The van der Waals surface area contributed by atoms with E-state index >= 15 is 0 Å². The molecule has 1 atom stereocenters. The van der Waals surface area contributed by atoms with Crippen LogP contribution in [0.1, 0.15) is 40.5 Å². The van der Waals surface area contributed by atoms with Crippen molar-refractivity contribution in [1.82, 2.24) is 10.2 Å². The van der Waals surface area contributed by atoms with Gasteiger partial charge in [-0.05, 0) is 47.1 Å². The first-order valence-corrected chi connectivity index (χ1v) is 6.51. The van der Waals surface area contributed by atoms with Crippen LogP contribution in [0.15, 0.2) is 0 Å². The van der Waals surface area contributed by atoms with Gasteiger partial charge in [0.25, 0.3) is 0 Å². The summed E-state index contributed by atoms with van der Waals surface area (Å²) in [6.45, 7) is 10.5. The van der Waals surface area contributed by atoms with Gasteiger partial charge in [-0.3, -0.25) is 4.79 Å². The molecular formula is C13H24N2O2. The average Bonchev–Trinajstić information content (AvgIpc) is 2.63. The Kier molecular flexibility index (Phi) is 3.21. The van der Waals surface area contributed by atoms with Crippen LogP contribution in [0, 0.1) is 0 Å². The van der Waals surface area contributed by atoms with Gasteiger partial charge in [-0.2, -0.15) is 0 Å². The van der Waals surface area contributed by atoms with Gasteiger partial charge in [0.15, 0.2) is 0 Å². The number of ether oxygens (including phenoxy) is 1. The molecule has 4 nitrogen and oxygen atoms in total. The quantitative estimate of drug-likeness (QED) is 0.747. The molecule has 1 N–H and O–H groups in total. The minimum absolute atomic E-state index is 0.0275. The van der Waals surface area contributed by atoms with Gasteiger partial charge in [0, 0.05) is 13.1 Å². The van der Waals surface area contributed by atoms with Crippen molar-refractivity contribution in [2.45, 2.75) is 57.8 Å². The van der Waals surface area contributed by atoms with Crippen LogP contribution in [0.3, 0.4) is 0 Å². The van der Waals surface area contributed by atoms with E-state index in [2.05, 4.69) is 33.0 Å². The molecular weight excluding hydrogens is 216 g/mol. The van der Waals surface area contributed by atoms with Crippen LogP contribution < -0.4 is 5.32 Å². The van der Waals surface area contributed by atoms with Gasteiger partial charge in [0.1, 0.15) is 0 Å². The van der Waals surface area contributed by atoms with Crippen LogP contribution in [0.5, 0.6) is 0 Å². The van der Waals surface area contributed by atoms with Crippen molar-refractivity contribution in [3.63, 3.8) is 0 Å². The SMILES string of the molecule is CC1(C)CN(C(=O)C2CCCN2)CC(C)(C)O1. The summed E-state index contributed by atoms with van der Waals surface area (Å²) in [6, 6.07) is 0.0275. The lowest BCUT2D eigenvalue weighted by atomic mass is 9.98. The first-order valence-electron chi connectivity index (χ1n) is 6.51. The Labute approximate surface area is 104 Å². The summed E-state index contributed by atoms with van der Waals surface area (Å²) in [6.07, 6.45) is 2.07. The minimum Gasteiger partial charge on any atom is -0.366 e. The molecule has 0 radical (unpaired) electrons.